The summed E-state index contributed by atoms with van der Waals surface area (Å²) in [6.07, 6.45) is 5.85. The highest BCUT2D eigenvalue weighted by Gasteiger charge is 2.39. The van der Waals surface area contributed by atoms with Gasteiger partial charge in [-0.1, -0.05) is 18.2 Å². The monoisotopic (exact) mass is 515 g/mol. The van der Waals surface area contributed by atoms with Crippen molar-refractivity contribution < 1.29 is 27.5 Å². The van der Waals surface area contributed by atoms with Crippen LogP contribution in [0.5, 0.6) is 0 Å². The molecule has 3 aromatic rings. The molecule has 0 fully saturated rings. The zero-order chi connectivity index (χ0) is 26.9. The molecule has 4 rings (SSSR count). The van der Waals surface area contributed by atoms with Gasteiger partial charge in [-0.25, -0.2) is 22.4 Å². The minimum Gasteiger partial charge on any atom is -0.478 e. The standard InChI is InChI=1S/C28H29F4N3O2/c1-17-10-20-13-19(21-14-33-34(15-21)9-8-29)5-6-22(20)27(35(17)16-28(2,3)32)26-23(30)11-18(12-24(26)31)4-7-25(36)37/h4-7,11-15,17,27H,8-10,16H2,1-3H3,(H,36,37)/b7-4+. The van der Waals surface area contributed by atoms with Gasteiger partial charge in [-0.2, -0.15) is 5.10 Å². The number of carboxylic acids is 1. The predicted octanol–water partition coefficient (Wildman–Crippen LogP) is 5.98. The summed E-state index contributed by atoms with van der Waals surface area (Å²) in [5.74, 6) is -2.91. The van der Waals surface area contributed by atoms with E-state index in [1.54, 1.807) is 23.4 Å². The van der Waals surface area contributed by atoms with Crippen LogP contribution >= 0.6 is 0 Å². The average molecular weight is 516 g/mol. The Morgan fingerprint density at radius 3 is 2.51 bits per heavy atom. The van der Waals surface area contributed by atoms with Gasteiger partial charge in [0.1, 0.15) is 24.0 Å². The summed E-state index contributed by atoms with van der Waals surface area (Å²) in [6.45, 7) is 4.32. The number of hydrogen-bond acceptors (Lipinski definition) is 3. The summed E-state index contributed by atoms with van der Waals surface area (Å²) in [4.78, 5) is 12.6. The first-order valence-electron chi connectivity index (χ1n) is 12.0. The highest BCUT2D eigenvalue weighted by molar-refractivity contribution is 5.85. The van der Waals surface area contributed by atoms with Gasteiger partial charge < -0.3 is 5.11 Å². The van der Waals surface area contributed by atoms with E-state index in [1.807, 2.05) is 19.1 Å². The molecule has 0 aliphatic carbocycles. The third kappa shape index (κ3) is 5.93. The first kappa shape index (κ1) is 26.6. The Bertz CT molecular complexity index is 1310. The van der Waals surface area contributed by atoms with Crippen molar-refractivity contribution in [3.05, 3.63) is 82.7 Å². The van der Waals surface area contributed by atoms with Crippen molar-refractivity contribution in [3.63, 3.8) is 0 Å². The lowest BCUT2D eigenvalue weighted by atomic mass is 9.82. The Morgan fingerprint density at radius 1 is 1.19 bits per heavy atom. The van der Waals surface area contributed by atoms with E-state index in [4.69, 9.17) is 5.11 Å². The van der Waals surface area contributed by atoms with E-state index in [2.05, 4.69) is 5.10 Å². The zero-order valence-corrected chi connectivity index (χ0v) is 20.9. The summed E-state index contributed by atoms with van der Waals surface area (Å²) < 4.78 is 60.1. The maximum Gasteiger partial charge on any atom is 0.328 e. The number of alkyl halides is 2. The minimum atomic E-state index is -1.62. The molecule has 1 aliphatic heterocycles. The molecule has 2 aromatic carbocycles. The molecule has 5 nitrogen and oxygen atoms in total. The first-order valence-corrected chi connectivity index (χ1v) is 12.0. The largest absolute Gasteiger partial charge is 0.478 e. The van der Waals surface area contributed by atoms with Crippen molar-refractivity contribution in [3.8, 4) is 11.1 Å². The highest BCUT2D eigenvalue weighted by Crippen LogP contribution is 2.42. The second-order valence-corrected chi connectivity index (χ2v) is 10.0. The molecule has 0 amide bonds. The topological polar surface area (TPSA) is 58.4 Å². The number of aliphatic carboxylic acids is 1. The lowest BCUT2D eigenvalue weighted by Gasteiger charge is -2.44. The molecular formula is C28H29F4N3O2. The molecule has 0 bridgehead atoms. The molecule has 0 spiro atoms. The maximum absolute atomic E-state index is 15.5. The van der Waals surface area contributed by atoms with Crippen LogP contribution in [-0.2, 0) is 17.8 Å². The van der Waals surface area contributed by atoms with Gasteiger partial charge >= 0.3 is 5.97 Å². The van der Waals surface area contributed by atoms with Crippen LogP contribution in [0.15, 0.2) is 48.8 Å². The van der Waals surface area contributed by atoms with E-state index < -0.39 is 36.0 Å². The summed E-state index contributed by atoms with van der Waals surface area (Å²) >= 11 is 0. The number of fused-ring (bicyclic) bond motifs is 1. The van der Waals surface area contributed by atoms with Crippen LogP contribution < -0.4 is 0 Å². The van der Waals surface area contributed by atoms with Crippen LogP contribution in [-0.4, -0.2) is 50.7 Å². The van der Waals surface area contributed by atoms with Crippen LogP contribution in [0.3, 0.4) is 0 Å². The van der Waals surface area contributed by atoms with Crippen LogP contribution in [0.4, 0.5) is 17.6 Å². The van der Waals surface area contributed by atoms with Crippen molar-refractivity contribution in [1.82, 2.24) is 14.7 Å². The van der Waals surface area contributed by atoms with Crippen LogP contribution in [0, 0.1) is 11.6 Å². The van der Waals surface area contributed by atoms with Gasteiger partial charge in [0.25, 0.3) is 0 Å². The molecule has 0 radical (unpaired) electrons. The molecule has 196 valence electrons. The van der Waals surface area contributed by atoms with E-state index in [1.165, 1.54) is 18.5 Å². The van der Waals surface area contributed by atoms with Crippen molar-refractivity contribution in [2.45, 2.75) is 51.5 Å². The van der Waals surface area contributed by atoms with E-state index in [-0.39, 0.29) is 30.3 Å². The van der Waals surface area contributed by atoms with Crippen LogP contribution in [0.1, 0.15) is 49.1 Å². The second-order valence-electron chi connectivity index (χ2n) is 10.0. The van der Waals surface area contributed by atoms with Crippen molar-refractivity contribution in [1.29, 1.82) is 0 Å². The summed E-state index contributed by atoms with van der Waals surface area (Å²) in [6, 6.07) is 6.59. The Morgan fingerprint density at radius 2 is 1.89 bits per heavy atom. The van der Waals surface area contributed by atoms with Crippen molar-refractivity contribution in [2.24, 2.45) is 0 Å². The maximum atomic E-state index is 15.5. The SMILES string of the molecule is CC1Cc2cc(-c3cnn(CCF)c3)ccc2C(c2c(F)cc(/C=C/C(=O)O)cc2F)N1CC(C)(C)F. The number of halogens is 4. The fourth-order valence-corrected chi connectivity index (χ4v) is 4.95. The highest BCUT2D eigenvalue weighted by atomic mass is 19.1. The Hall–Kier alpha value is -3.46. The van der Waals surface area contributed by atoms with E-state index in [0.29, 0.717) is 12.0 Å². The lowest BCUT2D eigenvalue weighted by Crippen LogP contribution is -2.48. The summed E-state index contributed by atoms with van der Waals surface area (Å²) in [5.41, 5.74) is 1.40. The molecule has 0 saturated carbocycles. The number of hydrogen-bond donors (Lipinski definition) is 1. The molecule has 1 N–H and O–H groups in total. The Kier molecular flexibility index (Phi) is 7.54. The average Bonchev–Trinajstić information content (AvgIpc) is 3.27. The predicted molar refractivity (Wildman–Crippen MR) is 134 cm³/mol. The molecule has 2 heterocycles. The minimum absolute atomic E-state index is 0.0461. The van der Waals surface area contributed by atoms with Gasteiger partial charge in [-0.15, -0.1) is 0 Å². The van der Waals surface area contributed by atoms with Gasteiger partial charge in [0.15, 0.2) is 0 Å². The third-order valence-electron chi connectivity index (χ3n) is 6.48. The number of rotatable bonds is 8. The molecular weight excluding hydrogens is 486 g/mol. The smallest absolute Gasteiger partial charge is 0.328 e. The van der Waals surface area contributed by atoms with Crippen LogP contribution in [0.2, 0.25) is 0 Å². The molecule has 37 heavy (non-hydrogen) atoms. The van der Waals surface area contributed by atoms with E-state index in [0.717, 1.165) is 41.0 Å². The number of aryl methyl sites for hydroxylation is 1. The fourth-order valence-electron chi connectivity index (χ4n) is 4.95. The normalized spacial score (nSPS) is 18.4. The molecule has 1 aliphatic rings. The fraction of sp³-hybridized carbons (Fsp3) is 0.357. The number of carboxylic acid groups (broad SMARTS) is 1. The molecule has 1 aromatic heterocycles. The van der Waals surface area contributed by atoms with Crippen LogP contribution in [0.25, 0.3) is 17.2 Å². The van der Waals surface area contributed by atoms with Crippen molar-refractivity contribution >= 4 is 12.0 Å². The van der Waals surface area contributed by atoms with Crippen molar-refractivity contribution in [2.75, 3.05) is 13.2 Å². The second kappa shape index (κ2) is 10.5. The quantitative estimate of drug-likeness (QED) is 0.296. The Labute approximate surface area is 213 Å². The number of nitrogens with zero attached hydrogens (tertiary/aromatic N) is 3. The third-order valence-corrected chi connectivity index (χ3v) is 6.48. The molecule has 0 saturated heterocycles. The van der Waals surface area contributed by atoms with Gasteiger partial charge in [0, 0.05) is 36.0 Å². The molecule has 9 heteroatoms. The summed E-state index contributed by atoms with van der Waals surface area (Å²) in [7, 11) is 0. The Balaban J connectivity index is 1.82. The summed E-state index contributed by atoms with van der Waals surface area (Å²) in [5, 5.41) is 13.0. The lowest BCUT2D eigenvalue weighted by molar-refractivity contribution is -0.131. The number of aromatic nitrogens is 2. The van der Waals surface area contributed by atoms with Gasteiger partial charge in [-0.05, 0) is 67.7 Å². The van der Waals surface area contributed by atoms with Gasteiger partial charge in [0.2, 0.25) is 0 Å². The molecule has 2 unspecified atom stereocenters. The van der Waals surface area contributed by atoms with Gasteiger partial charge in [0.05, 0.1) is 18.8 Å². The van der Waals surface area contributed by atoms with E-state index >= 15 is 8.78 Å². The number of carbonyl (C=O) groups is 1. The number of benzene rings is 2. The van der Waals surface area contributed by atoms with E-state index in [9.17, 15) is 13.6 Å². The molecule has 2 atom stereocenters. The van der Waals surface area contributed by atoms with Gasteiger partial charge in [-0.3, -0.25) is 9.58 Å². The first-order chi connectivity index (χ1) is 17.5. The zero-order valence-electron chi connectivity index (χ0n) is 20.9.